The highest BCUT2D eigenvalue weighted by atomic mass is 16.5. The minimum Gasteiger partial charge on any atom is -0.379 e. The molecule has 0 radical (unpaired) electrons. The number of pyridine rings is 1. The van der Waals surface area contributed by atoms with Gasteiger partial charge in [-0.05, 0) is 55.2 Å². The predicted octanol–water partition coefficient (Wildman–Crippen LogP) is 2.40. The first kappa shape index (κ1) is 19.0. The standard InChI is InChI=1S/C21H25N3O3/c1-14-4-3-5-18(15(14)2)23-20(25)11-21(26)24-19-13-27-12-17(19)10-16-6-8-22-9-7-16/h3-9,17,19H,10-13H2,1-2H3,(H,23,25)(H,24,26)/t17-,19-/m1/s1. The largest absolute Gasteiger partial charge is 0.379 e. The number of carbonyl (C=O) groups excluding carboxylic acids is 2. The fourth-order valence-corrected chi connectivity index (χ4v) is 3.27. The van der Waals surface area contributed by atoms with E-state index < -0.39 is 0 Å². The summed E-state index contributed by atoms with van der Waals surface area (Å²) in [6.45, 7) is 5.01. The van der Waals surface area contributed by atoms with Crippen molar-refractivity contribution >= 4 is 17.5 Å². The molecular weight excluding hydrogens is 342 g/mol. The number of amides is 2. The van der Waals surface area contributed by atoms with Crippen LogP contribution in [0.5, 0.6) is 0 Å². The van der Waals surface area contributed by atoms with E-state index in [2.05, 4.69) is 15.6 Å². The molecule has 1 aromatic carbocycles. The molecule has 142 valence electrons. The minimum atomic E-state index is -0.314. The first-order valence-electron chi connectivity index (χ1n) is 9.15. The van der Waals surface area contributed by atoms with Gasteiger partial charge in [0.05, 0.1) is 19.3 Å². The van der Waals surface area contributed by atoms with Gasteiger partial charge >= 0.3 is 0 Å². The zero-order valence-electron chi connectivity index (χ0n) is 15.7. The Labute approximate surface area is 159 Å². The van der Waals surface area contributed by atoms with Gasteiger partial charge in [-0.1, -0.05) is 12.1 Å². The van der Waals surface area contributed by atoms with Crippen LogP contribution in [0.1, 0.15) is 23.1 Å². The Morgan fingerprint density at radius 3 is 2.67 bits per heavy atom. The Morgan fingerprint density at radius 2 is 1.89 bits per heavy atom. The molecule has 6 heteroatoms. The number of aryl methyl sites for hydroxylation is 1. The van der Waals surface area contributed by atoms with Crippen molar-refractivity contribution in [3.05, 3.63) is 59.4 Å². The monoisotopic (exact) mass is 367 g/mol. The zero-order valence-corrected chi connectivity index (χ0v) is 15.7. The lowest BCUT2D eigenvalue weighted by Gasteiger charge is -2.19. The predicted molar refractivity (Wildman–Crippen MR) is 103 cm³/mol. The van der Waals surface area contributed by atoms with Crippen LogP contribution < -0.4 is 10.6 Å². The summed E-state index contributed by atoms with van der Waals surface area (Å²) in [6, 6.07) is 9.56. The fourth-order valence-electron chi connectivity index (χ4n) is 3.27. The van der Waals surface area contributed by atoms with Crippen LogP contribution >= 0.6 is 0 Å². The molecule has 1 fully saturated rings. The second-order valence-electron chi connectivity index (χ2n) is 7.00. The molecule has 3 rings (SSSR count). The van der Waals surface area contributed by atoms with Gasteiger partial charge in [0, 0.05) is 24.0 Å². The number of ether oxygens (including phenoxy) is 1. The average Bonchev–Trinajstić information content (AvgIpc) is 3.06. The average molecular weight is 367 g/mol. The van der Waals surface area contributed by atoms with Crippen molar-refractivity contribution in [3.8, 4) is 0 Å². The van der Waals surface area contributed by atoms with Gasteiger partial charge in [-0.3, -0.25) is 14.6 Å². The van der Waals surface area contributed by atoms with Gasteiger partial charge in [0.15, 0.2) is 0 Å². The van der Waals surface area contributed by atoms with E-state index in [-0.39, 0.29) is 30.2 Å². The van der Waals surface area contributed by atoms with Crippen molar-refractivity contribution in [2.75, 3.05) is 18.5 Å². The highest BCUT2D eigenvalue weighted by Gasteiger charge is 2.30. The van der Waals surface area contributed by atoms with E-state index in [1.54, 1.807) is 12.4 Å². The summed E-state index contributed by atoms with van der Waals surface area (Å²) in [4.78, 5) is 28.6. The summed E-state index contributed by atoms with van der Waals surface area (Å²) in [7, 11) is 0. The van der Waals surface area contributed by atoms with Crippen molar-refractivity contribution in [2.24, 2.45) is 5.92 Å². The van der Waals surface area contributed by atoms with Crippen LogP contribution in [-0.4, -0.2) is 36.1 Å². The van der Waals surface area contributed by atoms with Gasteiger partial charge in [0.2, 0.25) is 11.8 Å². The van der Waals surface area contributed by atoms with Crippen LogP contribution in [0.3, 0.4) is 0 Å². The molecule has 1 saturated heterocycles. The molecule has 0 bridgehead atoms. The Bertz CT molecular complexity index is 808. The molecule has 1 aromatic heterocycles. The third kappa shape index (κ3) is 5.14. The van der Waals surface area contributed by atoms with Gasteiger partial charge in [-0.2, -0.15) is 0 Å². The quantitative estimate of drug-likeness (QED) is 0.769. The number of carbonyl (C=O) groups is 2. The number of rotatable bonds is 6. The maximum absolute atomic E-state index is 12.3. The topological polar surface area (TPSA) is 80.3 Å². The molecule has 2 heterocycles. The first-order chi connectivity index (χ1) is 13.0. The molecule has 2 atom stereocenters. The number of anilines is 1. The van der Waals surface area contributed by atoms with Crippen LogP contribution in [0.4, 0.5) is 5.69 Å². The van der Waals surface area contributed by atoms with Crippen LogP contribution in [0.15, 0.2) is 42.7 Å². The summed E-state index contributed by atoms with van der Waals surface area (Å²) < 4.78 is 5.54. The normalized spacial score (nSPS) is 18.9. The van der Waals surface area contributed by atoms with E-state index in [1.807, 2.05) is 44.2 Å². The highest BCUT2D eigenvalue weighted by molar-refractivity contribution is 6.04. The van der Waals surface area contributed by atoms with Gasteiger partial charge in [-0.15, -0.1) is 0 Å². The van der Waals surface area contributed by atoms with E-state index in [9.17, 15) is 9.59 Å². The lowest BCUT2D eigenvalue weighted by atomic mass is 9.95. The van der Waals surface area contributed by atoms with E-state index in [4.69, 9.17) is 4.74 Å². The molecule has 2 amide bonds. The lowest BCUT2D eigenvalue weighted by molar-refractivity contribution is -0.127. The molecule has 0 saturated carbocycles. The molecule has 27 heavy (non-hydrogen) atoms. The summed E-state index contributed by atoms with van der Waals surface area (Å²) in [6.07, 6.45) is 4.13. The summed E-state index contributed by atoms with van der Waals surface area (Å²) in [5.41, 5.74) is 4.01. The maximum Gasteiger partial charge on any atom is 0.233 e. The van der Waals surface area contributed by atoms with Crippen molar-refractivity contribution < 1.29 is 14.3 Å². The Hall–Kier alpha value is -2.73. The van der Waals surface area contributed by atoms with Crippen molar-refractivity contribution in [1.29, 1.82) is 0 Å². The molecule has 0 aliphatic carbocycles. The van der Waals surface area contributed by atoms with E-state index in [1.165, 1.54) is 0 Å². The molecule has 6 nitrogen and oxygen atoms in total. The van der Waals surface area contributed by atoms with Crippen molar-refractivity contribution in [3.63, 3.8) is 0 Å². The second kappa shape index (κ2) is 8.77. The molecule has 0 unspecified atom stereocenters. The lowest BCUT2D eigenvalue weighted by Crippen LogP contribution is -2.41. The molecule has 1 aliphatic heterocycles. The Kier molecular flexibility index (Phi) is 6.19. The number of hydrogen-bond donors (Lipinski definition) is 2. The number of nitrogens with zero attached hydrogens (tertiary/aromatic N) is 1. The van der Waals surface area contributed by atoms with E-state index >= 15 is 0 Å². The number of aromatic nitrogens is 1. The van der Waals surface area contributed by atoms with Gasteiger partial charge in [-0.25, -0.2) is 0 Å². The highest BCUT2D eigenvalue weighted by Crippen LogP contribution is 2.20. The SMILES string of the molecule is Cc1cccc(NC(=O)CC(=O)N[C@@H]2COC[C@H]2Cc2ccncc2)c1C. The fraction of sp³-hybridized carbons (Fsp3) is 0.381. The van der Waals surface area contributed by atoms with Crippen LogP contribution in [0.25, 0.3) is 0 Å². The first-order valence-corrected chi connectivity index (χ1v) is 9.15. The number of hydrogen-bond acceptors (Lipinski definition) is 4. The molecule has 1 aliphatic rings. The third-order valence-electron chi connectivity index (χ3n) is 4.99. The number of nitrogens with one attached hydrogen (secondary N) is 2. The van der Waals surface area contributed by atoms with Crippen LogP contribution in [-0.2, 0) is 20.7 Å². The Morgan fingerprint density at radius 1 is 1.11 bits per heavy atom. The van der Waals surface area contributed by atoms with Crippen molar-refractivity contribution in [2.45, 2.75) is 32.7 Å². The molecular formula is C21H25N3O3. The van der Waals surface area contributed by atoms with Crippen LogP contribution in [0.2, 0.25) is 0 Å². The molecule has 2 aromatic rings. The van der Waals surface area contributed by atoms with Gasteiger partial charge in [0.25, 0.3) is 0 Å². The van der Waals surface area contributed by atoms with Crippen molar-refractivity contribution in [1.82, 2.24) is 10.3 Å². The minimum absolute atomic E-state index is 0.0841. The summed E-state index contributed by atoms with van der Waals surface area (Å²) in [5.74, 6) is -0.405. The second-order valence-corrected chi connectivity index (χ2v) is 7.00. The zero-order chi connectivity index (χ0) is 19.2. The van der Waals surface area contributed by atoms with Gasteiger partial charge < -0.3 is 15.4 Å². The summed E-state index contributed by atoms with van der Waals surface area (Å²) >= 11 is 0. The number of benzene rings is 1. The summed E-state index contributed by atoms with van der Waals surface area (Å²) in [5, 5.41) is 5.77. The molecule has 2 N–H and O–H groups in total. The maximum atomic E-state index is 12.3. The smallest absolute Gasteiger partial charge is 0.233 e. The van der Waals surface area contributed by atoms with E-state index in [0.29, 0.717) is 13.2 Å². The van der Waals surface area contributed by atoms with Crippen LogP contribution in [0, 0.1) is 19.8 Å². The van der Waals surface area contributed by atoms with Gasteiger partial charge in [0.1, 0.15) is 6.42 Å². The molecule has 0 spiro atoms. The van der Waals surface area contributed by atoms with E-state index in [0.717, 1.165) is 28.8 Å². The third-order valence-corrected chi connectivity index (χ3v) is 4.99. The Balaban J connectivity index is 1.52.